The maximum Gasteiger partial charge on any atom is 0.122 e. The molecule has 124 valence electrons. The first-order valence-electron chi connectivity index (χ1n) is 7.91. The van der Waals surface area contributed by atoms with Crippen molar-refractivity contribution in [1.29, 1.82) is 0 Å². The van der Waals surface area contributed by atoms with Gasteiger partial charge in [0, 0.05) is 27.6 Å². The van der Waals surface area contributed by atoms with Crippen LogP contribution in [0, 0.1) is 6.92 Å². The summed E-state index contributed by atoms with van der Waals surface area (Å²) in [4.78, 5) is 0. The van der Waals surface area contributed by atoms with Crippen molar-refractivity contribution in [3.63, 3.8) is 0 Å². The molecule has 0 saturated carbocycles. The van der Waals surface area contributed by atoms with E-state index in [0.29, 0.717) is 22.0 Å². The molecule has 2 N–H and O–H groups in total. The molecule has 0 bridgehead atoms. The van der Waals surface area contributed by atoms with E-state index in [4.69, 9.17) is 23.2 Å². The SMILES string of the molecule is CCCCCc1c(O)cc(Cc2ccc(Cl)cc2Cl)c(O)c1C. The zero-order chi connectivity index (χ0) is 17.0. The molecule has 0 heterocycles. The monoisotopic (exact) mass is 352 g/mol. The number of phenols is 2. The van der Waals surface area contributed by atoms with E-state index in [1.54, 1.807) is 18.2 Å². The van der Waals surface area contributed by atoms with E-state index < -0.39 is 0 Å². The van der Waals surface area contributed by atoms with Crippen LogP contribution in [0.4, 0.5) is 0 Å². The van der Waals surface area contributed by atoms with Crippen molar-refractivity contribution >= 4 is 23.2 Å². The van der Waals surface area contributed by atoms with Crippen LogP contribution in [0.3, 0.4) is 0 Å². The van der Waals surface area contributed by atoms with Gasteiger partial charge in [-0.1, -0.05) is 49.0 Å². The Morgan fingerprint density at radius 2 is 1.74 bits per heavy atom. The molecule has 0 radical (unpaired) electrons. The molecule has 23 heavy (non-hydrogen) atoms. The molecular formula is C19H22Cl2O2. The predicted octanol–water partition coefficient (Wildman–Crippen LogP) is 6.04. The van der Waals surface area contributed by atoms with Crippen molar-refractivity contribution in [2.75, 3.05) is 0 Å². The summed E-state index contributed by atoms with van der Waals surface area (Å²) in [5.41, 5.74) is 3.12. The zero-order valence-corrected chi connectivity index (χ0v) is 15.0. The van der Waals surface area contributed by atoms with Crippen LogP contribution in [0.2, 0.25) is 10.0 Å². The van der Waals surface area contributed by atoms with Gasteiger partial charge in [-0.3, -0.25) is 0 Å². The third-order valence-electron chi connectivity index (χ3n) is 4.16. The molecule has 0 aromatic heterocycles. The first kappa shape index (κ1) is 18.0. The van der Waals surface area contributed by atoms with E-state index >= 15 is 0 Å². The smallest absolute Gasteiger partial charge is 0.122 e. The molecule has 0 spiro atoms. The summed E-state index contributed by atoms with van der Waals surface area (Å²) in [6.45, 7) is 3.99. The van der Waals surface area contributed by atoms with Gasteiger partial charge in [-0.25, -0.2) is 0 Å². The molecule has 0 amide bonds. The molecule has 0 saturated heterocycles. The number of phenolic OH excluding ortho intramolecular Hbond substituents is 2. The third kappa shape index (κ3) is 4.33. The lowest BCUT2D eigenvalue weighted by molar-refractivity contribution is 0.444. The minimum absolute atomic E-state index is 0.236. The Morgan fingerprint density at radius 3 is 2.39 bits per heavy atom. The highest BCUT2D eigenvalue weighted by Gasteiger charge is 2.15. The molecule has 0 atom stereocenters. The van der Waals surface area contributed by atoms with Crippen LogP contribution in [0.15, 0.2) is 24.3 Å². The van der Waals surface area contributed by atoms with Gasteiger partial charge in [0.05, 0.1) is 0 Å². The van der Waals surface area contributed by atoms with Gasteiger partial charge in [-0.15, -0.1) is 0 Å². The topological polar surface area (TPSA) is 40.5 Å². The van der Waals surface area contributed by atoms with Crippen molar-refractivity contribution in [2.45, 2.75) is 46.0 Å². The lowest BCUT2D eigenvalue weighted by Gasteiger charge is -2.15. The van der Waals surface area contributed by atoms with Crippen molar-refractivity contribution in [3.05, 3.63) is 56.6 Å². The van der Waals surface area contributed by atoms with E-state index in [2.05, 4.69) is 6.92 Å². The first-order valence-corrected chi connectivity index (χ1v) is 8.66. The second kappa shape index (κ2) is 7.94. The van der Waals surface area contributed by atoms with E-state index in [9.17, 15) is 10.2 Å². The molecule has 0 unspecified atom stereocenters. The lowest BCUT2D eigenvalue weighted by Crippen LogP contribution is -1.97. The molecule has 0 aliphatic heterocycles. The molecule has 2 nitrogen and oxygen atoms in total. The largest absolute Gasteiger partial charge is 0.508 e. The fourth-order valence-electron chi connectivity index (χ4n) is 2.77. The predicted molar refractivity (Wildman–Crippen MR) is 97.0 cm³/mol. The maximum absolute atomic E-state index is 10.5. The van der Waals surface area contributed by atoms with Gasteiger partial charge in [0.25, 0.3) is 0 Å². The number of hydrogen-bond donors (Lipinski definition) is 2. The Balaban J connectivity index is 2.30. The molecule has 4 heteroatoms. The van der Waals surface area contributed by atoms with Gasteiger partial charge in [-0.2, -0.15) is 0 Å². The van der Waals surface area contributed by atoms with Gasteiger partial charge >= 0.3 is 0 Å². The quantitative estimate of drug-likeness (QED) is 0.491. The van der Waals surface area contributed by atoms with Crippen molar-refractivity contribution in [2.24, 2.45) is 0 Å². The van der Waals surface area contributed by atoms with Gasteiger partial charge in [0.1, 0.15) is 11.5 Å². The second-order valence-corrected chi connectivity index (χ2v) is 6.72. The molecule has 0 aliphatic carbocycles. The highest BCUT2D eigenvalue weighted by atomic mass is 35.5. The van der Waals surface area contributed by atoms with E-state index in [0.717, 1.165) is 42.4 Å². The summed E-state index contributed by atoms with van der Waals surface area (Å²) >= 11 is 12.1. The van der Waals surface area contributed by atoms with Gasteiger partial charge in [-0.05, 0) is 49.1 Å². The van der Waals surface area contributed by atoms with E-state index in [1.165, 1.54) is 0 Å². The van der Waals surface area contributed by atoms with Crippen LogP contribution in [-0.4, -0.2) is 10.2 Å². The fourth-order valence-corrected chi connectivity index (χ4v) is 3.24. The highest BCUT2D eigenvalue weighted by Crippen LogP contribution is 2.36. The Morgan fingerprint density at radius 1 is 1.00 bits per heavy atom. The van der Waals surface area contributed by atoms with Crippen LogP contribution < -0.4 is 0 Å². The van der Waals surface area contributed by atoms with Crippen LogP contribution in [0.5, 0.6) is 11.5 Å². The Hall–Kier alpha value is -1.38. The summed E-state index contributed by atoms with van der Waals surface area (Å²) in [6, 6.07) is 6.94. The highest BCUT2D eigenvalue weighted by molar-refractivity contribution is 6.35. The minimum atomic E-state index is 0.236. The van der Waals surface area contributed by atoms with Gasteiger partial charge in [0.2, 0.25) is 0 Å². The van der Waals surface area contributed by atoms with Crippen LogP contribution >= 0.6 is 23.2 Å². The first-order chi connectivity index (χ1) is 10.9. The number of hydrogen-bond acceptors (Lipinski definition) is 2. The summed E-state index contributed by atoms with van der Waals surface area (Å²) in [5.74, 6) is 0.483. The summed E-state index contributed by atoms with van der Waals surface area (Å²) in [5, 5.41) is 21.9. The van der Waals surface area contributed by atoms with Crippen molar-refractivity contribution in [3.8, 4) is 11.5 Å². The minimum Gasteiger partial charge on any atom is -0.508 e. The number of benzene rings is 2. The van der Waals surface area contributed by atoms with E-state index in [-0.39, 0.29) is 11.5 Å². The van der Waals surface area contributed by atoms with E-state index in [1.807, 2.05) is 13.0 Å². The second-order valence-electron chi connectivity index (χ2n) is 5.88. The molecule has 0 aliphatic rings. The number of halogens is 2. The molecule has 2 aromatic rings. The maximum atomic E-state index is 10.5. The summed E-state index contributed by atoms with van der Waals surface area (Å²) in [7, 11) is 0. The third-order valence-corrected chi connectivity index (χ3v) is 4.75. The summed E-state index contributed by atoms with van der Waals surface area (Å²) < 4.78 is 0. The average molecular weight is 353 g/mol. The zero-order valence-electron chi connectivity index (χ0n) is 13.5. The Labute approximate surface area is 147 Å². The summed E-state index contributed by atoms with van der Waals surface area (Å²) in [6.07, 6.45) is 4.47. The van der Waals surface area contributed by atoms with Gasteiger partial charge in [0.15, 0.2) is 0 Å². The molecular weight excluding hydrogens is 331 g/mol. The Bertz CT molecular complexity index is 696. The van der Waals surface area contributed by atoms with Crippen LogP contribution in [0.1, 0.15) is 48.4 Å². The van der Waals surface area contributed by atoms with Crippen LogP contribution in [0.25, 0.3) is 0 Å². The number of rotatable bonds is 6. The van der Waals surface area contributed by atoms with Gasteiger partial charge < -0.3 is 10.2 Å². The lowest BCUT2D eigenvalue weighted by atomic mass is 9.94. The molecule has 2 aromatic carbocycles. The molecule has 0 fully saturated rings. The molecule has 2 rings (SSSR count). The number of unbranched alkanes of at least 4 members (excludes halogenated alkanes) is 2. The number of aromatic hydroxyl groups is 2. The average Bonchev–Trinajstić information content (AvgIpc) is 2.50. The van der Waals surface area contributed by atoms with Crippen molar-refractivity contribution < 1.29 is 10.2 Å². The fraction of sp³-hybridized carbons (Fsp3) is 0.368. The standard InChI is InChI=1S/C19H22Cl2O2/c1-3-4-5-6-16-12(2)19(23)14(10-18(16)22)9-13-7-8-15(20)11-17(13)21/h7-8,10-11,22-23H,3-6,9H2,1-2H3. The normalized spacial score (nSPS) is 11.0. The Kier molecular flexibility index (Phi) is 6.20. The van der Waals surface area contributed by atoms with Crippen molar-refractivity contribution in [1.82, 2.24) is 0 Å². The van der Waals surface area contributed by atoms with Crippen LogP contribution in [-0.2, 0) is 12.8 Å².